The van der Waals surface area contributed by atoms with Crippen molar-refractivity contribution in [1.82, 2.24) is 20.1 Å². The molecule has 3 aromatic carbocycles. The lowest BCUT2D eigenvalue weighted by Gasteiger charge is -2.35. The van der Waals surface area contributed by atoms with Crippen LogP contribution >= 0.6 is 0 Å². The van der Waals surface area contributed by atoms with E-state index in [9.17, 15) is 14.4 Å². The van der Waals surface area contributed by atoms with Gasteiger partial charge >= 0.3 is 6.09 Å². The molecule has 3 amide bonds. The molecule has 3 heterocycles. The normalized spacial score (nSPS) is 17.9. The number of piperidine rings is 1. The average Bonchev–Trinajstić information content (AvgIpc) is 3.39. The molecule has 0 aliphatic carbocycles. The van der Waals surface area contributed by atoms with Crippen LogP contribution in [0.25, 0.3) is 21.8 Å². The summed E-state index contributed by atoms with van der Waals surface area (Å²) in [6.07, 6.45) is 1.28. The van der Waals surface area contributed by atoms with Crippen LogP contribution in [0.5, 0.6) is 0 Å². The number of hydrogen-bond donors (Lipinski definition) is 3. The topological polar surface area (TPSA) is 124 Å². The summed E-state index contributed by atoms with van der Waals surface area (Å²) in [6, 6.07) is 18.9. The maximum Gasteiger partial charge on any atom is 0.407 e. The summed E-state index contributed by atoms with van der Waals surface area (Å²) in [6.45, 7) is 4.70. The van der Waals surface area contributed by atoms with E-state index < -0.39 is 12.0 Å². The van der Waals surface area contributed by atoms with Crippen LogP contribution in [0.15, 0.2) is 60.7 Å². The van der Waals surface area contributed by atoms with E-state index in [1.54, 1.807) is 6.07 Å². The highest BCUT2D eigenvalue weighted by molar-refractivity contribution is 6.20. The molecule has 10 heteroatoms. The lowest BCUT2D eigenvalue weighted by molar-refractivity contribution is 0.0664. The Hall–Kier alpha value is -4.57. The van der Waals surface area contributed by atoms with Gasteiger partial charge in [-0.25, -0.2) is 4.79 Å². The van der Waals surface area contributed by atoms with Crippen molar-refractivity contribution in [2.24, 2.45) is 5.73 Å². The number of carbonyl (C=O) groups is 3. The second kappa shape index (κ2) is 11.7. The van der Waals surface area contributed by atoms with Crippen LogP contribution in [0.4, 0.5) is 10.5 Å². The number of rotatable bonds is 6. The molecule has 4 N–H and O–H groups in total. The van der Waals surface area contributed by atoms with Crippen molar-refractivity contribution in [1.29, 1.82) is 0 Å². The molecule has 6 rings (SSSR count). The molecule has 0 saturated carbocycles. The number of nitrogens with two attached hydrogens (primary N) is 1. The molecular weight excluding hydrogens is 532 g/mol. The van der Waals surface area contributed by atoms with Crippen molar-refractivity contribution in [2.75, 3.05) is 51.2 Å². The third kappa shape index (κ3) is 5.62. The quantitative estimate of drug-likeness (QED) is 0.326. The van der Waals surface area contributed by atoms with Gasteiger partial charge in [0.15, 0.2) is 0 Å². The molecule has 0 bridgehead atoms. The standard InChI is InChI=1S/C32H36N6O4/c1-36-14-16-37(17-15-36)31(40)22-9-10-24-26(18-22)35-29-25(30(33)39)11-12-27(28(24)29)38-13-5-8-23(19-38)34-32(41)42-20-21-6-3-2-4-7-21/h2-4,6-7,9-12,18,23,35H,5,8,13-17,19-20H2,1H3,(H2,33,39)(H,34,41)/t23-/m1/s1. The van der Waals surface area contributed by atoms with E-state index >= 15 is 0 Å². The van der Waals surface area contributed by atoms with E-state index in [0.717, 1.165) is 60.0 Å². The first-order valence-electron chi connectivity index (χ1n) is 14.5. The minimum absolute atomic E-state index is 0.00287. The van der Waals surface area contributed by atoms with Gasteiger partial charge in [-0.05, 0) is 49.7 Å². The highest BCUT2D eigenvalue weighted by Crippen LogP contribution is 2.37. The number of alkyl carbamates (subject to hydrolysis) is 1. The van der Waals surface area contributed by atoms with Crippen LogP contribution in [0.1, 0.15) is 39.1 Å². The first-order chi connectivity index (χ1) is 20.4. The summed E-state index contributed by atoms with van der Waals surface area (Å²) < 4.78 is 5.45. The number of primary amides is 1. The fourth-order valence-electron chi connectivity index (χ4n) is 6.03. The number of ether oxygens (including phenoxy) is 1. The first kappa shape index (κ1) is 27.6. The number of hydrogen-bond acceptors (Lipinski definition) is 6. The number of aromatic nitrogens is 1. The van der Waals surface area contributed by atoms with Crippen LogP contribution in [0.2, 0.25) is 0 Å². The summed E-state index contributed by atoms with van der Waals surface area (Å²) in [4.78, 5) is 48.0. The van der Waals surface area contributed by atoms with E-state index in [1.807, 2.05) is 59.5 Å². The largest absolute Gasteiger partial charge is 0.445 e. The maximum atomic E-state index is 13.3. The Morgan fingerprint density at radius 1 is 1.00 bits per heavy atom. The number of benzene rings is 3. The van der Waals surface area contributed by atoms with E-state index in [0.29, 0.717) is 36.3 Å². The molecule has 2 saturated heterocycles. The lowest BCUT2D eigenvalue weighted by Crippen LogP contribution is -2.48. The molecular formula is C32H36N6O4. The maximum absolute atomic E-state index is 13.3. The van der Waals surface area contributed by atoms with Gasteiger partial charge in [0.1, 0.15) is 6.61 Å². The third-order valence-electron chi connectivity index (χ3n) is 8.33. The molecule has 2 fully saturated rings. The zero-order chi connectivity index (χ0) is 29.2. The Bertz CT molecular complexity index is 1630. The number of H-pyrrole nitrogens is 1. The molecule has 2 aliphatic rings. The number of likely N-dealkylation sites (N-methyl/N-ethyl adjacent to an activating group) is 1. The Morgan fingerprint density at radius 2 is 1.79 bits per heavy atom. The van der Waals surface area contributed by atoms with Crippen LogP contribution in [0.3, 0.4) is 0 Å². The van der Waals surface area contributed by atoms with Crippen molar-refractivity contribution in [2.45, 2.75) is 25.5 Å². The molecule has 10 nitrogen and oxygen atoms in total. The van der Waals surface area contributed by atoms with Gasteiger partial charge in [0.25, 0.3) is 11.8 Å². The van der Waals surface area contributed by atoms with Gasteiger partial charge in [0.05, 0.1) is 11.1 Å². The zero-order valence-electron chi connectivity index (χ0n) is 23.8. The van der Waals surface area contributed by atoms with Gasteiger partial charge in [-0.3, -0.25) is 9.59 Å². The average molecular weight is 569 g/mol. The van der Waals surface area contributed by atoms with Gasteiger partial charge in [-0.2, -0.15) is 0 Å². The number of fused-ring (bicyclic) bond motifs is 3. The fraction of sp³-hybridized carbons (Fsp3) is 0.344. The second-order valence-corrected chi connectivity index (χ2v) is 11.2. The van der Waals surface area contributed by atoms with Gasteiger partial charge in [-0.15, -0.1) is 0 Å². The van der Waals surface area contributed by atoms with Crippen LogP contribution in [0, 0.1) is 0 Å². The Kier molecular flexibility index (Phi) is 7.71. The highest BCUT2D eigenvalue weighted by Gasteiger charge is 2.26. The fourth-order valence-corrected chi connectivity index (χ4v) is 6.03. The Morgan fingerprint density at radius 3 is 2.55 bits per heavy atom. The van der Waals surface area contributed by atoms with Crippen molar-refractivity contribution < 1.29 is 19.1 Å². The van der Waals surface area contributed by atoms with Gasteiger partial charge in [0, 0.05) is 72.9 Å². The van der Waals surface area contributed by atoms with Gasteiger partial charge < -0.3 is 35.5 Å². The van der Waals surface area contributed by atoms with Gasteiger partial charge in [0.2, 0.25) is 0 Å². The molecule has 0 radical (unpaired) electrons. The van der Waals surface area contributed by atoms with E-state index in [1.165, 1.54) is 0 Å². The number of nitrogens with zero attached hydrogens (tertiary/aromatic N) is 3. The van der Waals surface area contributed by atoms with E-state index in [-0.39, 0.29) is 18.6 Å². The van der Waals surface area contributed by atoms with E-state index in [2.05, 4.69) is 27.1 Å². The van der Waals surface area contributed by atoms with Crippen molar-refractivity contribution in [3.8, 4) is 0 Å². The summed E-state index contributed by atoms with van der Waals surface area (Å²) in [5.74, 6) is -0.519. The first-order valence-corrected chi connectivity index (χ1v) is 14.5. The number of piperazine rings is 1. The molecule has 1 aromatic heterocycles. The lowest BCUT2D eigenvalue weighted by atomic mass is 10.0. The molecule has 1 atom stereocenters. The SMILES string of the molecule is CN1CCN(C(=O)c2ccc3c(c2)[nH]c2c(C(N)=O)ccc(N4CCC[C@@H](NC(=O)OCc5ccccc5)C4)c23)CC1. The highest BCUT2D eigenvalue weighted by atomic mass is 16.5. The third-order valence-corrected chi connectivity index (χ3v) is 8.33. The number of amides is 3. The molecule has 2 aliphatic heterocycles. The summed E-state index contributed by atoms with van der Waals surface area (Å²) in [5, 5.41) is 4.82. The molecule has 0 spiro atoms. The predicted octanol–water partition coefficient (Wildman–Crippen LogP) is 3.70. The number of aromatic amines is 1. The molecule has 0 unspecified atom stereocenters. The van der Waals surface area contributed by atoms with Crippen LogP contribution in [-0.2, 0) is 11.3 Å². The second-order valence-electron chi connectivity index (χ2n) is 11.2. The van der Waals surface area contributed by atoms with Gasteiger partial charge in [-0.1, -0.05) is 36.4 Å². The minimum atomic E-state index is -0.522. The Labute approximate surface area is 244 Å². The predicted molar refractivity (Wildman–Crippen MR) is 163 cm³/mol. The monoisotopic (exact) mass is 568 g/mol. The summed E-state index contributed by atoms with van der Waals surface area (Å²) >= 11 is 0. The van der Waals surface area contributed by atoms with Crippen LogP contribution in [-0.4, -0.2) is 85.0 Å². The molecule has 218 valence electrons. The zero-order valence-corrected chi connectivity index (χ0v) is 23.8. The van der Waals surface area contributed by atoms with Crippen molar-refractivity contribution in [3.05, 3.63) is 77.4 Å². The smallest absolute Gasteiger partial charge is 0.407 e. The number of nitrogens with one attached hydrogen (secondary N) is 2. The number of carbonyl (C=O) groups excluding carboxylic acids is 3. The van der Waals surface area contributed by atoms with E-state index in [4.69, 9.17) is 10.5 Å². The van der Waals surface area contributed by atoms with Crippen LogP contribution < -0.4 is 16.0 Å². The number of anilines is 1. The summed E-state index contributed by atoms with van der Waals surface area (Å²) in [5.41, 5.74) is 10.1. The molecule has 4 aromatic rings. The molecule has 42 heavy (non-hydrogen) atoms. The minimum Gasteiger partial charge on any atom is -0.445 e. The summed E-state index contributed by atoms with van der Waals surface area (Å²) in [7, 11) is 2.06. The van der Waals surface area contributed by atoms with Crippen molar-refractivity contribution in [3.63, 3.8) is 0 Å². The Balaban J connectivity index is 1.25. The van der Waals surface area contributed by atoms with Crippen molar-refractivity contribution >= 4 is 45.4 Å².